The SMILES string of the molecule is Cc1cc(C(=O)NCC2CCCC2CO)on1. The van der Waals surface area contributed by atoms with Crippen LogP contribution in [0.5, 0.6) is 0 Å². The number of aliphatic hydroxyl groups is 1. The van der Waals surface area contributed by atoms with Gasteiger partial charge in [0.05, 0.1) is 5.69 Å². The van der Waals surface area contributed by atoms with Crippen molar-refractivity contribution < 1.29 is 14.4 Å². The monoisotopic (exact) mass is 238 g/mol. The van der Waals surface area contributed by atoms with Crippen LogP contribution >= 0.6 is 0 Å². The van der Waals surface area contributed by atoms with Crippen molar-refractivity contribution in [2.24, 2.45) is 11.8 Å². The smallest absolute Gasteiger partial charge is 0.289 e. The first kappa shape index (κ1) is 12.1. The standard InChI is InChI=1S/C12H18N2O3/c1-8-5-11(17-14-8)12(16)13-6-9-3-2-4-10(9)7-15/h5,9-10,15H,2-4,6-7H2,1H3,(H,13,16). The highest BCUT2D eigenvalue weighted by Crippen LogP contribution is 2.30. The molecule has 2 rings (SSSR count). The Labute approximate surface area is 100 Å². The van der Waals surface area contributed by atoms with E-state index in [4.69, 9.17) is 4.52 Å². The molecule has 1 amide bonds. The van der Waals surface area contributed by atoms with Crippen molar-refractivity contribution in [2.45, 2.75) is 26.2 Å². The van der Waals surface area contributed by atoms with Gasteiger partial charge in [-0.25, -0.2) is 0 Å². The van der Waals surface area contributed by atoms with E-state index in [-0.39, 0.29) is 18.3 Å². The first-order chi connectivity index (χ1) is 8.20. The second kappa shape index (κ2) is 5.31. The summed E-state index contributed by atoms with van der Waals surface area (Å²) in [6.45, 7) is 2.59. The zero-order valence-corrected chi connectivity index (χ0v) is 9.98. The average Bonchev–Trinajstić information content (AvgIpc) is 2.94. The van der Waals surface area contributed by atoms with Crippen LogP contribution in [0.4, 0.5) is 0 Å². The second-order valence-electron chi connectivity index (χ2n) is 4.68. The summed E-state index contributed by atoms with van der Waals surface area (Å²) < 4.78 is 4.88. The zero-order chi connectivity index (χ0) is 12.3. The molecule has 2 atom stereocenters. The highest BCUT2D eigenvalue weighted by atomic mass is 16.5. The molecule has 17 heavy (non-hydrogen) atoms. The minimum atomic E-state index is -0.228. The fourth-order valence-electron chi connectivity index (χ4n) is 2.40. The highest BCUT2D eigenvalue weighted by Gasteiger charge is 2.27. The van der Waals surface area contributed by atoms with Crippen molar-refractivity contribution >= 4 is 5.91 Å². The highest BCUT2D eigenvalue weighted by molar-refractivity contribution is 5.91. The van der Waals surface area contributed by atoms with E-state index in [2.05, 4.69) is 10.5 Å². The van der Waals surface area contributed by atoms with Crippen LogP contribution in [-0.4, -0.2) is 29.3 Å². The molecule has 1 saturated carbocycles. The lowest BCUT2D eigenvalue weighted by Crippen LogP contribution is -2.31. The van der Waals surface area contributed by atoms with Gasteiger partial charge < -0.3 is 14.9 Å². The fraction of sp³-hybridized carbons (Fsp3) is 0.667. The van der Waals surface area contributed by atoms with Crippen molar-refractivity contribution in [3.05, 3.63) is 17.5 Å². The van der Waals surface area contributed by atoms with Gasteiger partial charge >= 0.3 is 0 Å². The van der Waals surface area contributed by atoms with E-state index in [1.807, 2.05) is 0 Å². The molecule has 1 aliphatic rings. The number of rotatable bonds is 4. The Kier molecular flexibility index (Phi) is 3.78. The lowest BCUT2D eigenvalue weighted by atomic mass is 9.97. The van der Waals surface area contributed by atoms with Gasteiger partial charge in [0, 0.05) is 19.2 Å². The Balaban J connectivity index is 1.84. The van der Waals surface area contributed by atoms with Crippen molar-refractivity contribution in [3.8, 4) is 0 Å². The van der Waals surface area contributed by atoms with Crippen LogP contribution in [0.3, 0.4) is 0 Å². The summed E-state index contributed by atoms with van der Waals surface area (Å²) >= 11 is 0. The van der Waals surface area contributed by atoms with E-state index in [0.29, 0.717) is 24.1 Å². The minimum Gasteiger partial charge on any atom is -0.396 e. The normalized spacial score (nSPS) is 23.9. The van der Waals surface area contributed by atoms with Crippen LogP contribution in [0.1, 0.15) is 35.5 Å². The van der Waals surface area contributed by atoms with E-state index in [1.165, 1.54) is 0 Å². The quantitative estimate of drug-likeness (QED) is 0.824. The van der Waals surface area contributed by atoms with Gasteiger partial charge in [0.15, 0.2) is 0 Å². The maximum Gasteiger partial charge on any atom is 0.289 e. The van der Waals surface area contributed by atoms with Crippen molar-refractivity contribution in [2.75, 3.05) is 13.2 Å². The Hall–Kier alpha value is -1.36. The second-order valence-corrected chi connectivity index (χ2v) is 4.68. The molecule has 0 aromatic carbocycles. The lowest BCUT2D eigenvalue weighted by molar-refractivity contribution is 0.0901. The van der Waals surface area contributed by atoms with Crippen molar-refractivity contribution in [1.29, 1.82) is 0 Å². The van der Waals surface area contributed by atoms with Crippen LogP contribution in [0.15, 0.2) is 10.6 Å². The zero-order valence-electron chi connectivity index (χ0n) is 9.98. The maximum absolute atomic E-state index is 11.7. The maximum atomic E-state index is 11.7. The van der Waals surface area contributed by atoms with Crippen LogP contribution in [0, 0.1) is 18.8 Å². The van der Waals surface area contributed by atoms with Gasteiger partial charge in [-0.2, -0.15) is 0 Å². The molecular weight excluding hydrogens is 220 g/mol. The predicted molar refractivity (Wildman–Crippen MR) is 61.5 cm³/mol. The van der Waals surface area contributed by atoms with Gasteiger partial charge in [0.1, 0.15) is 0 Å². The Morgan fingerprint density at radius 3 is 3.00 bits per heavy atom. The molecule has 1 heterocycles. The van der Waals surface area contributed by atoms with Crippen LogP contribution in [-0.2, 0) is 0 Å². The summed E-state index contributed by atoms with van der Waals surface area (Å²) in [5.74, 6) is 0.731. The number of aryl methyl sites for hydroxylation is 1. The third-order valence-electron chi connectivity index (χ3n) is 3.43. The van der Waals surface area contributed by atoms with E-state index in [0.717, 1.165) is 19.3 Å². The van der Waals surface area contributed by atoms with Crippen LogP contribution in [0.25, 0.3) is 0 Å². The summed E-state index contributed by atoms with van der Waals surface area (Å²) in [6.07, 6.45) is 3.26. The number of aromatic nitrogens is 1. The molecule has 94 valence electrons. The molecule has 0 bridgehead atoms. The van der Waals surface area contributed by atoms with Crippen molar-refractivity contribution in [1.82, 2.24) is 10.5 Å². The Bertz CT molecular complexity index is 389. The molecule has 0 spiro atoms. The summed E-state index contributed by atoms with van der Waals surface area (Å²) in [4.78, 5) is 11.7. The number of amides is 1. The first-order valence-electron chi connectivity index (χ1n) is 6.03. The van der Waals surface area contributed by atoms with Gasteiger partial charge in [-0.05, 0) is 31.6 Å². The van der Waals surface area contributed by atoms with Gasteiger partial charge in [-0.3, -0.25) is 4.79 Å². The number of aliphatic hydroxyl groups excluding tert-OH is 1. The van der Waals surface area contributed by atoms with Gasteiger partial charge in [0.2, 0.25) is 5.76 Å². The largest absolute Gasteiger partial charge is 0.396 e. The molecule has 1 aromatic heterocycles. The molecule has 5 nitrogen and oxygen atoms in total. The number of hydrogen-bond donors (Lipinski definition) is 2. The molecular formula is C12H18N2O3. The molecule has 0 aliphatic heterocycles. The molecule has 2 unspecified atom stereocenters. The van der Waals surface area contributed by atoms with Gasteiger partial charge in [-0.1, -0.05) is 11.6 Å². The first-order valence-corrected chi connectivity index (χ1v) is 6.03. The topological polar surface area (TPSA) is 75.4 Å². The molecule has 5 heteroatoms. The third-order valence-corrected chi connectivity index (χ3v) is 3.43. The molecule has 1 aromatic rings. The summed E-state index contributed by atoms with van der Waals surface area (Å²) in [7, 11) is 0. The molecule has 2 N–H and O–H groups in total. The predicted octanol–water partition coefficient (Wildman–Crippen LogP) is 1.12. The summed E-state index contributed by atoms with van der Waals surface area (Å²) in [5.41, 5.74) is 0.698. The lowest BCUT2D eigenvalue weighted by Gasteiger charge is -2.17. The summed E-state index contributed by atoms with van der Waals surface area (Å²) in [6, 6.07) is 1.62. The van der Waals surface area contributed by atoms with E-state index in [9.17, 15) is 9.90 Å². The van der Waals surface area contributed by atoms with Gasteiger partial charge in [-0.15, -0.1) is 0 Å². The Morgan fingerprint density at radius 1 is 1.59 bits per heavy atom. The molecule has 1 fully saturated rings. The van der Waals surface area contributed by atoms with Crippen molar-refractivity contribution in [3.63, 3.8) is 0 Å². The van der Waals surface area contributed by atoms with E-state index in [1.54, 1.807) is 13.0 Å². The van der Waals surface area contributed by atoms with E-state index >= 15 is 0 Å². The van der Waals surface area contributed by atoms with E-state index < -0.39 is 0 Å². The van der Waals surface area contributed by atoms with Gasteiger partial charge in [0.25, 0.3) is 5.91 Å². The number of nitrogens with zero attached hydrogens (tertiary/aromatic N) is 1. The molecule has 1 aliphatic carbocycles. The number of carbonyl (C=O) groups excluding carboxylic acids is 1. The number of nitrogens with one attached hydrogen (secondary N) is 1. The Morgan fingerprint density at radius 2 is 2.35 bits per heavy atom. The van der Waals surface area contributed by atoms with Crippen LogP contribution in [0.2, 0.25) is 0 Å². The average molecular weight is 238 g/mol. The fourth-order valence-corrected chi connectivity index (χ4v) is 2.40. The molecule has 0 saturated heterocycles. The van der Waals surface area contributed by atoms with Crippen LogP contribution < -0.4 is 5.32 Å². The third kappa shape index (κ3) is 2.85. The summed E-state index contributed by atoms with van der Waals surface area (Å²) in [5, 5.41) is 15.7. The minimum absolute atomic E-state index is 0.210. The molecule has 0 radical (unpaired) electrons. The number of carbonyl (C=O) groups is 1. The number of hydrogen-bond acceptors (Lipinski definition) is 4.